The van der Waals surface area contributed by atoms with Crippen molar-refractivity contribution in [3.8, 4) is 0 Å². The number of amides is 2. The SMILES string of the molecule is C[C@H](NC(=O)C(=O)NCCN(C)C)[C@@H](c1cccs1)N1CCN(c2ccccc2)CC1. The molecule has 1 fully saturated rings. The van der Waals surface area contributed by atoms with Crippen molar-refractivity contribution in [3.63, 3.8) is 0 Å². The maximum atomic E-state index is 12.5. The topological polar surface area (TPSA) is 67.9 Å². The van der Waals surface area contributed by atoms with E-state index in [1.807, 2.05) is 38.1 Å². The molecule has 168 valence electrons. The largest absolute Gasteiger partial charge is 0.369 e. The lowest BCUT2D eigenvalue weighted by Gasteiger charge is -2.42. The van der Waals surface area contributed by atoms with Crippen molar-refractivity contribution in [2.24, 2.45) is 0 Å². The average Bonchev–Trinajstić information content (AvgIpc) is 3.29. The Labute approximate surface area is 189 Å². The van der Waals surface area contributed by atoms with Gasteiger partial charge in [0, 0.05) is 55.9 Å². The van der Waals surface area contributed by atoms with Crippen LogP contribution in [0.4, 0.5) is 5.69 Å². The van der Waals surface area contributed by atoms with Crippen LogP contribution in [0.25, 0.3) is 0 Å². The third kappa shape index (κ3) is 6.53. The van der Waals surface area contributed by atoms with Gasteiger partial charge in [-0.2, -0.15) is 0 Å². The van der Waals surface area contributed by atoms with Crippen LogP contribution in [-0.2, 0) is 9.59 Å². The lowest BCUT2D eigenvalue weighted by atomic mass is 10.0. The first kappa shape index (κ1) is 23.2. The monoisotopic (exact) mass is 443 g/mol. The lowest BCUT2D eigenvalue weighted by Crippen LogP contribution is -2.54. The highest BCUT2D eigenvalue weighted by Gasteiger charge is 2.31. The van der Waals surface area contributed by atoms with Gasteiger partial charge in [-0.15, -0.1) is 11.3 Å². The lowest BCUT2D eigenvalue weighted by molar-refractivity contribution is -0.139. The van der Waals surface area contributed by atoms with E-state index >= 15 is 0 Å². The fourth-order valence-corrected chi connectivity index (χ4v) is 4.89. The van der Waals surface area contributed by atoms with Crippen molar-refractivity contribution in [1.82, 2.24) is 20.4 Å². The first-order valence-corrected chi connectivity index (χ1v) is 11.6. The van der Waals surface area contributed by atoms with Gasteiger partial charge in [0.25, 0.3) is 0 Å². The van der Waals surface area contributed by atoms with Crippen LogP contribution < -0.4 is 15.5 Å². The molecule has 0 unspecified atom stereocenters. The summed E-state index contributed by atoms with van der Waals surface area (Å²) in [5, 5.41) is 7.68. The molecule has 3 rings (SSSR count). The highest BCUT2D eigenvalue weighted by atomic mass is 32.1. The maximum absolute atomic E-state index is 12.5. The molecule has 2 atom stereocenters. The van der Waals surface area contributed by atoms with Gasteiger partial charge in [-0.1, -0.05) is 24.3 Å². The smallest absolute Gasteiger partial charge is 0.309 e. The van der Waals surface area contributed by atoms with Gasteiger partial charge in [0.05, 0.1) is 6.04 Å². The second kappa shape index (κ2) is 11.3. The molecule has 1 aromatic carbocycles. The third-order valence-corrected chi connectivity index (χ3v) is 6.49. The molecular weight excluding hydrogens is 410 g/mol. The van der Waals surface area contributed by atoms with E-state index in [0.29, 0.717) is 13.1 Å². The number of para-hydroxylation sites is 1. The third-order valence-electron chi connectivity index (χ3n) is 5.55. The Hall–Kier alpha value is -2.42. The van der Waals surface area contributed by atoms with Gasteiger partial charge >= 0.3 is 11.8 Å². The molecule has 0 aliphatic carbocycles. The van der Waals surface area contributed by atoms with Crippen LogP contribution in [-0.4, -0.2) is 81.0 Å². The molecule has 1 aliphatic rings. The van der Waals surface area contributed by atoms with Crippen LogP contribution >= 0.6 is 11.3 Å². The summed E-state index contributed by atoms with van der Waals surface area (Å²) in [6.07, 6.45) is 0. The zero-order valence-corrected chi connectivity index (χ0v) is 19.4. The molecule has 7 nitrogen and oxygen atoms in total. The summed E-state index contributed by atoms with van der Waals surface area (Å²) in [6.45, 7) is 6.77. The molecule has 1 aromatic heterocycles. The Kier molecular flexibility index (Phi) is 8.45. The van der Waals surface area contributed by atoms with E-state index < -0.39 is 11.8 Å². The molecule has 1 saturated heterocycles. The normalized spacial score (nSPS) is 16.7. The van der Waals surface area contributed by atoms with Crippen molar-refractivity contribution in [2.75, 3.05) is 58.3 Å². The molecule has 0 radical (unpaired) electrons. The Balaban J connectivity index is 1.61. The minimum Gasteiger partial charge on any atom is -0.369 e. The predicted molar refractivity (Wildman–Crippen MR) is 126 cm³/mol. The molecule has 1 aliphatic heterocycles. The fourth-order valence-electron chi connectivity index (χ4n) is 3.92. The van der Waals surface area contributed by atoms with Crippen LogP contribution in [0.5, 0.6) is 0 Å². The number of carbonyl (C=O) groups is 2. The molecule has 31 heavy (non-hydrogen) atoms. The molecule has 2 N–H and O–H groups in total. The van der Waals surface area contributed by atoms with Crippen LogP contribution in [0.2, 0.25) is 0 Å². The fraction of sp³-hybridized carbons (Fsp3) is 0.478. The van der Waals surface area contributed by atoms with Gasteiger partial charge in [-0.25, -0.2) is 0 Å². The number of hydrogen-bond donors (Lipinski definition) is 2. The van der Waals surface area contributed by atoms with Crippen molar-refractivity contribution < 1.29 is 9.59 Å². The van der Waals surface area contributed by atoms with E-state index in [1.54, 1.807) is 11.3 Å². The number of hydrogen-bond acceptors (Lipinski definition) is 6. The summed E-state index contributed by atoms with van der Waals surface area (Å²) in [7, 11) is 3.86. The van der Waals surface area contributed by atoms with Gasteiger partial charge in [0.15, 0.2) is 0 Å². The van der Waals surface area contributed by atoms with Crippen molar-refractivity contribution in [1.29, 1.82) is 0 Å². The Morgan fingerprint density at radius 3 is 2.35 bits per heavy atom. The Morgan fingerprint density at radius 2 is 1.74 bits per heavy atom. The van der Waals surface area contributed by atoms with E-state index in [4.69, 9.17) is 0 Å². The number of carbonyl (C=O) groups excluding carboxylic acids is 2. The molecular formula is C23H33N5O2S. The molecule has 0 saturated carbocycles. The van der Waals surface area contributed by atoms with E-state index in [1.165, 1.54) is 10.6 Å². The predicted octanol–water partition coefficient (Wildman–Crippen LogP) is 1.79. The minimum atomic E-state index is -0.576. The number of nitrogens with one attached hydrogen (secondary N) is 2. The van der Waals surface area contributed by atoms with Gasteiger partial charge in [-0.3, -0.25) is 14.5 Å². The number of rotatable bonds is 8. The average molecular weight is 444 g/mol. The summed E-state index contributed by atoms with van der Waals surface area (Å²) < 4.78 is 0. The van der Waals surface area contributed by atoms with Crippen LogP contribution in [0.1, 0.15) is 17.8 Å². The second-order valence-corrected chi connectivity index (χ2v) is 9.12. The molecule has 2 aromatic rings. The summed E-state index contributed by atoms with van der Waals surface area (Å²) in [6, 6.07) is 14.5. The van der Waals surface area contributed by atoms with E-state index in [0.717, 1.165) is 26.2 Å². The van der Waals surface area contributed by atoms with Crippen molar-refractivity contribution in [2.45, 2.75) is 19.0 Å². The van der Waals surface area contributed by atoms with E-state index in [9.17, 15) is 9.59 Å². The zero-order valence-electron chi connectivity index (χ0n) is 18.6. The molecule has 0 bridgehead atoms. The standard InChI is InChI=1S/C23H33N5O2S/c1-18(25-23(30)22(29)24-11-12-26(2)3)21(20-10-7-17-31-20)28-15-13-27(14-16-28)19-8-5-4-6-9-19/h4-10,17-18,21H,11-16H2,1-3H3,(H,24,29)(H,25,30)/t18-,21-/m0/s1. The number of thiophene rings is 1. The van der Waals surface area contributed by atoms with Crippen molar-refractivity contribution >= 4 is 28.8 Å². The summed E-state index contributed by atoms with van der Waals surface area (Å²) in [5.41, 5.74) is 1.24. The maximum Gasteiger partial charge on any atom is 0.309 e. The van der Waals surface area contributed by atoms with Gasteiger partial charge in [0.1, 0.15) is 0 Å². The minimum absolute atomic E-state index is 0.0384. The highest BCUT2D eigenvalue weighted by molar-refractivity contribution is 7.10. The number of piperazine rings is 1. The van der Waals surface area contributed by atoms with Crippen LogP contribution in [0.3, 0.4) is 0 Å². The van der Waals surface area contributed by atoms with Crippen LogP contribution in [0.15, 0.2) is 47.8 Å². The molecule has 8 heteroatoms. The summed E-state index contributed by atoms with van der Waals surface area (Å²) >= 11 is 1.69. The summed E-state index contributed by atoms with van der Waals surface area (Å²) in [4.78, 5) is 32.6. The second-order valence-electron chi connectivity index (χ2n) is 8.14. The number of anilines is 1. The first-order valence-electron chi connectivity index (χ1n) is 10.8. The number of nitrogens with zero attached hydrogens (tertiary/aromatic N) is 3. The van der Waals surface area contributed by atoms with Gasteiger partial charge in [-0.05, 0) is 44.6 Å². The number of benzene rings is 1. The van der Waals surface area contributed by atoms with E-state index in [-0.39, 0.29) is 12.1 Å². The Bertz CT molecular complexity index is 820. The van der Waals surface area contributed by atoms with Gasteiger partial charge < -0.3 is 20.4 Å². The zero-order chi connectivity index (χ0) is 22.2. The summed E-state index contributed by atoms with van der Waals surface area (Å²) in [5.74, 6) is -1.15. The molecule has 2 amide bonds. The van der Waals surface area contributed by atoms with Crippen LogP contribution in [0, 0.1) is 0 Å². The quantitative estimate of drug-likeness (QED) is 0.609. The number of likely N-dealkylation sites (N-methyl/N-ethyl adjacent to an activating group) is 1. The molecule has 2 heterocycles. The van der Waals surface area contributed by atoms with Gasteiger partial charge in [0.2, 0.25) is 0 Å². The van der Waals surface area contributed by atoms with E-state index in [2.05, 4.69) is 56.1 Å². The van der Waals surface area contributed by atoms with Crippen molar-refractivity contribution in [3.05, 3.63) is 52.7 Å². The molecule has 0 spiro atoms. The Morgan fingerprint density at radius 1 is 1.03 bits per heavy atom. The first-order chi connectivity index (χ1) is 15.0. The highest BCUT2D eigenvalue weighted by Crippen LogP contribution is 2.30.